The number of H-pyrrole nitrogens is 1. The van der Waals surface area contributed by atoms with Gasteiger partial charge in [0.05, 0.1) is 11.6 Å². The van der Waals surface area contributed by atoms with Crippen LogP contribution in [0.5, 0.6) is 11.8 Å². The molecule has 0 radical (unpaired) electrons. The molecule has 0 aliphatic rings. The summed E-state index contributed by atoms with van der Waals surface area (Å²) in [5.41, 5.74) is 0.992. The van der Waals surface area contributed by atoms with Crippen molar-refractivity contribution in [2.24, 2.45) is 0 Å². The summed E-state index contributed by atoms with van der Waals surface area (Å²) in [4.78, 5) is 15.7. The minimum Gasteiger partial charge on any atom is -0.482 e. The van der Waals surface area contributed by atoms with E-state index >= 15 is 0 Å². The normalized spacial score (nSPS) is 10.2. The number of rotatable bonds is 6. The number of carbonyl (C=O) groups excluding carboxylic acids is 1. The first kappa shape index (κ1) is 15.1. The van der Waals surface area contributed by atoms with Crippen LogP contribution >= 0.6 is 11.6 Å². The van der Waals surface area contributed by atoms with E-state index in [1.807, 2.05) is 19.9 Å². The summed E-state index contributed by atoms with van der Waals surface area (Å²) in [6.45, 7) is 3.98. The number of aromatic amines is 1. The summed E-state index contributed by atoms with van der Waals surface area (Å²) in [6, 6.07) is 5.51. The smallest absolute Gasteiger partial charge is 0.337 e. The number of aromatic nitrogens is 3. The average molecular weight is 311 g/mol. The number of nitrogens with one attached hydrogen (secondary N) is 2. The highest BCUT2D eigenvalue weighted by molar-refractivity contribution is 6.32. The van der Waals surface area contributed by atoms with E-state index in [1.165, 1.54) is 0 Å². The van der Waals surface area contributed by atoms with Crippen molar-refractivity contribution in [2.75, 3.05) is 18.5 Å². The van der Waals surface area contributed by atoms with E-state index in [0.29, 0.717) is 17.4 Å². The van der Waals surface area contributed by atoms with Gasteiger partial charge in [-0.3, -0.25) is 10.1 Å². The maximum Gasteiger partial charge on any atom is 0.337 e. The number of aryl methyl sites for hydroxylation is 1. The van der Waals surface area contributed by atoms with Crippen molar-refractivity contribution in [3.8, 4) is 11.8 Å². The van der Waals surface area contributed by atoms with Crippen LogP contribution in [0.15, 0.2) is 18.2 Å². The molecule has 0 atom stereocenters. The van der Waals surface area contributed by atoms with E-state index in [1.54, 1.807) is 12.1 Å². The molecule has 8 heteroatoms. The molecule has 0 bridgehead atoms. The Labute approximate surface area is 126 Å². The molecule has 0 aliphatic carbocycles. The van der Waals surface area contributed by atoms with Crippen molar-refractivity contribution >= 4 is 23.5 Å². The molecule has 0 unspecified atom stereocenters. The Morgan fingerprint density at radius 3 is 3.00 bits per heavy atom. The predicted octanol–water partition coefficient (Wildman–Crippen LogP) is 2.18. The molecule has 0 spiro atoms. The highest BCUT2D eigenvalue weighted by atomic mass is 35.5. The summed E-state index contributed by atoms with van der Waals surface area (Å²) in [5, 5.41) is 9.27. The van der Waals surface area contributed by atoms with Crippen molar-refractivity contribution in [3.05, 3.63) is 28.8 Å². The van der Waals surface area contributed by atoms with Gasteiger partial charge in [-0.2, -0.15) is 4.98 Å². The van der Waals surface area contributed by atoms with Crippen LogP contribution in [0.2, 0.25) is 5.02 Å². The van der Waals surface area contributed by atoms with Gasteiger partial charge in [-0.05, 0) is 31.5 Å². The standard InChI is InChI=1S/C13H15ClN4O3/c1-3-20-13-16-12(17-18-13)15-11(19)7-21-10-6-8(2)4-5-9(10)14/h4-6H,3,7H2,1-2H3,(H2,15,16,17,18,19). The highest BCUT2D eigenvalue weighted by Crippen LogP contribution is 2.25. The SMILES string of the molecule is CCOc1n[nH]c(NC(=O)COc2cc(C)ccc2Cl)n1. The molecule has 0 fully saturated rings. The second-order valence-corrected chi connectivity index (χ2v) is 4.58. The molecule has 112 valence electrons. The van der Waals surface area contributed by atoms with Gasteiger partial charge >= 0.3 is 6.01 Å². The number of carbonyl (C=O) groups is 1. The molecule has 2 rings (SSSR count). The average Bonchev–Trinajstić information content (AvgIpc) is 2.87. The Hall–Kier alpha value is -2.28. The lowest BCUT2D eigenvalue weighted by molar-refractivity contribution is -0.118. The molecule has 0 saturated carbocycles. The first-order valence-electron chi connectivity index (χ1n) is 6.32. The van der Waals surface area contributed by atoms with Crippen LogP contribution in [0.3, 0.4) is 0 Å². The van der Waals surface area contributed by atoms with Crippen molar-refractivity contribution in [1.82, 2.24) is 15.2 Å². The zero-order chi connectivity index (χ0) is 15.2. The van der Waals surface area contributed by atoms with Gasteiger partial charge in [0.15, 0.2) is 6.61 Å². The van der Waals surface area contributed by atoms with Crippen LogP contribution in [0.1, 0.15) is 12.5 Å². The van der Waals surface area contributed by atoms with Gasteiger partial charge in [-0.1, -0.05) is 17.7 Å². The van der Waals surface area contributed by atoms with Gasteiger partial charge < -0.3 is 9.47 Å². The van der Waals surface area contributed by atoms with Gasteiger partial charge in [0.2, 0.25) is 5.95 Å². The molecular formula is C13H15ClN4O3. The lowest BCUT2D eigenvalue weighted by Gasteiger charge is -2.08. The van der Waals surface area contributed by atoms with Crippen molar-refractivity contribution in [3.63, 3.8) is 0 Å². The summed E-state index contributed by atoms with van der Waals surface area (Å²) in [6.07, 6.45) is 0. The fourth-order valence-corrected chi connectivity index (χ4v) is 1.70. The fourth-order valence-electron chi connectivity index (χ4n) is 1.53. The molecule has 0 aliphatic heterocycles. The van der Waals surface area contributed by atoms with Gasteiger partial charge in [-0.15, -0.1) is 5.10 Å². The van der Waals surface area contributed by atoms with E-state index < -0.39 is 0 Å². The molecule has 0 saturated heterocycles. The number of benzene rings is 1. The Kier molecular flexibility index (Phi) is 4.99. The summed E-state index contributed by atoms with van der Waals surface area (Å²) in [7, 11) is 0. The number of ether oxygens (including phenoxy) is 2. The summed E-state index contributed by atoms with van der Waals surface area (Å²) < 4.78 is 10.4. The first-order valence-corrected chi connectivity index (χ1v) is 6.70. The monoisotopic (exact) mass is 310 g/mol. The van der Waals surface area contributed by atoms with Gasteiger partial charge in [0.25, 0.3) is 5.91 Å². The Morgan fingerprint density at radius 2 is 2.24 bits per heavy atom. The first-order chi connectivity index (χ1) is 10.1. The van der Waals surface area contributed by atoms with Gasteiger partial charge in [-0.25, -0.2) is 5.10 Å². The third kappa shape index (κ3) is 4.35. The van der Waals surface area contributed by atoms with E-state index in [2.05, 4.69) is 20.5 Å². The van der Waals surface area contributed by atoms with E-state index in [-0.39, 0.29) is 24.5 Å². The third-order valence-corrected chi connectivity index (χ3v) is 2.75. The fraction of sp³-hybridized carbons (Fsp3) is 0.308. The van der Waals surface area contributed by atoms with Crippen LogP contribution in [0.25, 0.3) is 0 Å². The maximum absolute atomic E-state index is 11.7. The molecule has 1 heterocycles. The summed E-state index contributed by atoms with van der Waals surface area (Å²) >= 11 is 5.98. The van der Waals surface area contributed by atoms with Crippen molar-refractivity contribution < 1.29 is 14.3 Å². The number of hydrogen-bond donors (Lipinski definition) is 2. The van der Waals surface area contributed by atoms with E-state index in [0.717, 1.165) is 5.56 Å². The van der Waals surface area contributed by atoms with Crippen LogP contribution in [-0.4, -0.2) is 34.3 Å². The van der Waals surface area contributed by atoms with Gasteiger partial charge in [0.1, 0.15) is 5.75 Å². The number of halogens is 1. The molecule has 2 aromatic rings. The second kappa shape index (κ2) is 6.94. The van der Waals surface area contributed by atoms with Gasteiger partial charge in [0, 0.05) is 0 Å². The number of nitrogens with zero attached hydrogens (tertiary/aromatic N) is 2. The minimum atomic E-state index is -0.383. The zero-order valence-corrected chi connectivity index (χ0v) is 12.4. The van der Waals surface area contributed by atoms with Crippen molar-refractivity contribution in [2.45, 2.75) is 13.8 Å². The summed E-state index contributed by atoms with van der Waals surface area (Å²) in [5.74, 6) is 0.272. The largest absolute Gasteiger partial charge is 0.482 e. The predicted molar refractivity (Wildman–Crippen MR) is 77.9 cm³/mol. The maximum atomic E-state index is 11.7. The number of anilines is 1. The van der Waals surface area contributed by atoms with Crippen LogP contribution in [0, 0.1) is 6.92 Å². The zero-order valence-electron chi connectivity index (χ0n) is 11.6. The van der Waals surface area contributed by atoms with Crippen molar-refractivity contribution in [1.29, 1.82) is 0 Å². The third-order valence-electron chi connectivity index (χ3n) is 2.44. The Balaban J connectivity index is 1.88. The minimum absolute atomic E-state index is 0.176. The number of amides is 1. The molecule has 1 amide bonds. The second-order valence-electron chi connectivity index (χ2n) is 4.17. The molecule has 1 aromatic heterocycles. The highest BCUT2D eigenvalue weighted by Gasteiger charge is 2.10. The molecule has 7 nitrogen and oxygen atoms in total. The quantitative estimate of drug-likeness (QED) is 0.853. The lowest BCUT2D eigenvalue weighted by Crippen LogP contribution is -2.21. The van der Waals surface area contributed by atoms with Crippen LogP contribution < -0.4 is 14.8 Å². The molecular weight excluding hydrogens is 296 g/mol. The molecule has 21 heavy (non-hydrogen) atoms. The Bertz CT molecular complexity index is 630. The lowest BCUT2D eigenvalue weighted by atomic mass is 10.2. The van der Waals surface area contributed by atoms with Crippen LogP contribution in [-0.2, 0) is 4.79 Å². The topological polar surface area (TPSA) is 89.1 Å². The molecule has 1 aromatic carbocycles. The van der Waals surface area contributed by atoms with E-state index in [9.17, 15) is 4.79 Å². The van der Waals surface area contributed by atoms with E-state index in [4.69, 9.17) is 21.1 Å². The Morgan fingerprint density at radius 1 is 1.43 bits per heavy atom. The molecule has 2 N–H and O–H groups in total. The van der Waals surface area contributed by atoms with Crippen LogP contribution in [0.4, 0.5) is 5.95 Å². The number of hydrogen-bond acceptors (Lipinski definition) is 5.